The van der Waals surface area contributed by atoms with Crippen molar-refractivity contribution >= 4 is 11.9 Å². The van der Waals surface area contributed by atoms with Crippen LogP contribution in [0.4, 0.5) is 0 Å². The molecule has 3 heteroatoms. The van der Waals surface area contributed by atoms with Gasteiger partial charge in [-0.3, -0.25) is 9.59 Å². The van der Waals surface area contributed by atoms with Crippen LogP contribution in [0.25, 0.3) is 0 Å². The second-order valence-corrected chi connectivity index (χ2v) is 3.46. The minimum atomic E-state index is -0.430. The monoisotopic (exact) mass is 190 g/mol. The Hall–Kier alpha value is -1.64. The maximum Gasteiger partial charge on any atom is 0.321 e. The van der Waals surface area contributed by atoms with Crippen molar-refractivity contribution in [1.29, 1.82) is 0 Å². The van der Waals surface area contributed by atoms with Crippen molar-refractivity contribution in [2.75, 3.05) is 0 Å². The van der Waals surface area contributed by atoms with Gasteiger partial charge in [-0.2, -0.15) is 0 Å². The summed E-state index contributed by atoms with van der Waals surface area (Å²) in [6.07, 6.45) is 0.169. The Morgan fingerprint density at radius 3 is 2.71 bits per heavy atom. The van der Waals surface area contributed by atoms with Crippen molar-refractivity contribution in [3.8, 4) is 0 Å². The molecule has 2 rings (SSSR count). The first-order valence-corrected chi connectivity index (χ1v) is 4.48. The summed E-state index contributed by atoms with van der Waals surface area (Å²) < 4.78 is 4.49. The van der Waals surface area contributed by atoms with E-state index in [1.807, 2.05) is 31.2 Å². The second-order valence-electron chi connectivity index (χ2n) is 3.46. The van der Waals surface area contributed by atoms with Crippen molar-refractivity contribution in [2.24, 2.45) is 0 Å². The summed E-state index contributed by atoms with van der Waals surface area (Å²) in [6.45, 7) is 1.95. The van der Waals surface area contributed by atoms with Gasteiger partial charge in [-0.05, 0) is 12.5 Å². The Bertz CT molecular complexity index is 395. The topological polar surface area (TPSA) is 43.4 Å². The Balaban J connectivity index is 2.31. The molecule has 0 saturated carbocycles. The van der Waals surface area contributed by atoms with Gasteiger partial charge < -0.3 is 4.74 Å². The van der Waals surface area contributed by atoms with E-state index in [1.54, 1.807) is 0 Å². The van der Waals surface area contributed by atoms with Crippen LogP contribution in [0.1, 0.15) is 23.5 Å². The van der Waals surface area contributed by atoms with Crippen LogP contribution in [0.3, 0.4) is 0 Å². The number of hydrogen-bond acceptors (Lipinski definition) is 3. The van der Waals surface area contributed by atoms with Gasteiger partial charge in [0.15, 0.2) is 0 Å². The number of benzene rings is 1. The average molecular weight is 190 g/mol. The highest BCUT2D eigenvalue weighted by Gasteiger charge is 2.34. The molecule has 0 spiro atoms. The zero-order chi connectivity index (χ0) is 10.1. The number of carbonyl (C=O) groups excluding carboxylic acids is 2. The molecule has 1 atom stereocenters. The molecule has 0 aliphatic carbocycles. The van der Waals surface area contributed by atoms with Gasteiger partial charge in [-0.25, -0.2) is 0 Å². The third kappa shape index (κ3) is 1.53. The Labute approximate surface area is 81.7 Å². The fraction of sp³-hybridized carbons (Fsp3) is 0.273. The third-order valence-electron chi connectivity index (χ3n) is 2.31. The van der Waals surface area contributed by atoms with Gasteiger partial charge in [0.05, 0.1) is 12.3 Å². The first-order valence-electron chi connectivity index (χ1n) is 4.48. The predicted molar refractivity (Wildman–Crippen MR) is 49.6 cm³/mol. The number of rotatable bonds is 1. The molecule has 1 fully saturated rings. The van der Waals surface area contributed by atoms with Crippen LogP contribution in [0.5, 0.6) is 0 Å². The molecular formula is C11H10O3. The second kappa shape index (κ2) is 3.25. The SMILES string of the molecule is Cc1cccc([C@H]2CC(=O)OC2=O)c1. The van der Waals surface area contributed by atoms with Gasteiger partial charge in [0.25, 0.3) is 0 Å². The molecule has 1 aromatic carbocycles. The summed E-state index contributed by atoms with van der Waals surface area (Å²) in [4.78, 5) is 22.1. The van der Waals surface area contributed by atoms with E-state index in [4.69, 9.17) is 0 Å². The lowest BCUT2D eigenvalue weighted by Crippen LogP contribution is -2.05. The van der Waals surface area contributed by atoms with Gasteiger partial charge in [0.1, 0.15) is 0 Å². The van der Waals surface area contributed by atoms with Crippen molar-refractivity contribution < 1.29 is 14.3 Å². The van der Waals surface area contributed by atoms with E-state index in [9.17, 15) is 9.59 Å². The van der Waals surface area contributed by atoms with E-state index in [-0.39, 0.29) is 6.42 Å². The van der Waals surface area contributed by atoms with Crippen LogP contribution in [-0.4, -0.2) is 11.9 Å². The van der Waals surface area contributed by atoms with Crippen molar-refractivity contribution in [3.63, 3.8) is 0 Å². The number of cyclic esters (lactones) is 2. The summed E-state index contributed by atoms with van der Waals surface area (Å²) in [5.41, 5.74) is 1.94. The lowest BCUT2D eigenvalue weighted by Gasteiger charge is -2.04. The van der Waals surface area contributed by atoms with Crippen LogP contribution in [0.2, 0.25) is 0 Å². The molecule has 0 unspecified atom stereocenters. The molecule has 72 valence electrons. The molecule has 1 heterocycles. The number of hydrogen-bond donors (Lipinski definition) is 0. The van der Waals surface area contributed by atoms with E-state index in [0.717, 1.165) is 11.1 Å². The minimum absolute atomic E-state index is 0.169. The van der Waals surface area contributed by atoms with Crippen molar-refractivity contribution in [1.82, 2.24) is 0 Å². The first-order chi connectivity index (χ1) is 6.66. The molecular weight excluding hydrogens is 180 g/mol. The zero-order valence-electron chi connectivity index (χ0n) is 7.82. The average Bonchev–Trinajstić information content (AvgIpc) is 2.45. The Morgan fingerprint density at radius 2 is 2.14 bits per heavy atom. The molecule has 3 nitrogen and oxygen atoms in total. The maximum absolute atomic E-state index is 11.3. The molecule has 0 radical (unpaired) electrons. The lowest BCUT2D eigenvalue weighted by atomic mass is 9.96. The number of ether oxygens (including phenoxy) is 1. The van der Waals surface area contributed by atoms with Gasteiger partial charge in [-0.1, -0.05) is 29.8 Å². The summed E-state index contributed by atoms with van der Waals surface area (Å²) in [5.74, 6) is -1.26. The highest BCUT2D eigenvalue weighted by atomic mass is 16.6. The van der Waals surface area contributed by atoms with Gasteiger partial charge in [-0.15, -0.1) is 0 Å². The van der Waals surface area contributed by atoms with Gasteiger partial charge in [0, 0.05) is 0 Å². The predicted octanol–water partition coefficient (Wildman–Crippen LogP) is 1.55. The molecule has 0 N–H and O–H groups in total. The van der Waals surface area contributed by atoms with Crippen LogP contribution in [-0.2, 0) is 14.3 Å². The number of aryl methyl sites for hydroxylation is 1. The summed E-state index contributed by atoms with van der Waals surface area (Å²) in [7, 11) is 0. The number of carbonyl (C=O) groups is 2. The zero-order valence-corrected chi connectivity index (χ0v) is 7.82. The largest absolute Gasteiger partial charge is 0.393 e. The van der Waals surface area contributed by atoms with Gasteiger partial charge >= 0.3 is 11.9 Å². The van der Waals surface area contributed by atoms with Crippen molar-refractivity contribution in [2.45, 2.75) is 19.3 Å². The molecule has 1 aliphatic rings. The Morgan fingerprint density at radius 1 is 1.36 bits per heavy atom. The minimum Gasteiger partial charge on any atom is -0.393 e. The van der Waals surface area contributed by atoms with E-state index < -0.39 is 17.9 Å². The van der Waals surface area contributed by atoms with E-state index in [0.29, 0.717) is 0 Å². The normalized spacial score (nSPS) is 21.1. The fourth-order valence-corrected chi connectivity index (χ4v) is 1.62. The quantitative estimate of drug-likeness (QED) is 0.498. The summed E-state index contributed by atoms with van der Waals surface area (Å²) in [6, 6.07) is 7.58. The van der Waals surface area contributed by atoms with Crippen LogP contribution < -0.4 is 0 Å². The molecule has 1 aromatic rings. The lowest BCUT2D eigenvalue weighted by molar-refractivity contribution is -0.152. The third-order valence-corrected chi connectivity index (χ3v) is 2.31. The van der Waals surface area contributed by atoms with Crippen LogP contribution in [0, 0.1) is 6.92 Å². The summed E-state index contributed by atoms with van der Waals surface area (Å²) in [5, 5.41) is 0. The fourth-order valence-electron chi connectivity index (χ4n) is 1.62. The number of esters is 2. The molecule has 1 saturated heterocycles. The molecule has 0 aromatic heterocycles. The molecule has 0 bridgehead atoms. The highest BCUT2D eigenvalue weighted by Crippen LogP contribution is 2.27. The van der Waals surface area contributed by atoms with E-state index in [2.05, 4.69) is 4.74 Å². The van der Waals surface area contributed by atoms with E-state index >= 15 is 0 Å². The van der Waals surface area contributed by atoms with Gasteiger partial charge in [0.2, 0.25) is 0 Å². The first kappa shape index (κ1) is 8.94. The summed E-state index contributed by atoms with van der Waals surface area (Å²) >= 11 is 0. The molecule has 0 amide bonds. The standard InChI is InChI=1S/C11H10O3/c1-7-3-2-4-8(5-7)9-6-10(12)14-11(9)13/h2-5,9H,6H2,1H3/t9-/m1/s1. The maximum atomic E-state index is 11.3. The van der Waals surface area contributed by atoms with Crippen LogP contribution >= 0.6 is 0 Å². The molecule has 1 aliphatic heterocycles. The van der Waals surface area contributed by atoms with Crippen molar-refractivity contribution in [3.05, 3.63) is 35.4 Å². The highest BCUT2D eigenvalue weighted by molar-refractivity contribution is 5.97. The van der Waals surface area contributed by atoms with E-state index in [1.165, 1.54) is 0 Å². The van der Waals surface area contributed by atoms with Crippen LogP contribution in [0.15, 0.2) is 24.3 Å². The molecule has 14 heavy (non-hydrogen) atoms. The Kier molecular flexibility index (Phi) is 2.08. The smallest absolute Gasteiger partial charge is 0.321 e.